The number of carbonyl (C=O) groups excluding carboxylic acids is 1. The first-order valence-corrected chi connectivity index (χ1v) is 13.8. The first-order valence-electron chi connectivity index (χ1n) is 13.0. The van der Waals surface area contributed by atoms with Gasteiger partial charge >= 0.3 is 0 Å². The molecule has 1 radical (unpaired) electrons. The third kappa shape index (κ3) is 7.30. The van der Waals surface area contributed by atoms with Crippen LogP contribution in [0.2, 0.25) is 0 Å². The van der Waals surface area contributed by atoms with Crippen LogP contribution in [-0.2, 0) is 24.9 Å². The number of allylic oxidation sites excluding steroid dienone is 2. The standard InChI is InChI=1S/C29H26NS.C5H8O2.Ir/c1-18(2)22-11-10-20-12-13-30-29(25(20)14-22)23-15-24(19(3)4)26-17-27(31-28(26)16-23)21-8-6-5-7-9-21;1-4(6)3-5(2)7;/h5-15,17-19H,1-4H3;3,6H,1-2H3;/q-1;;/b;4-3-;. The number of thiophene rings is 1. The summed E-state index contributed by atoms with van der Waals surface area (Å²) in [6.07, 6.45) is 3.09. The second-order valence-corrected chi connectivity index (χ2v) is 11.3. The molecule has 0 spiro atoms. The van der Waals surface area contributed by atoms with E-state index in [4.69, 9.17) is 10.1 Å². The molecule has 2 aromatic heterocycles. The predicted molar refractivity (Wildman–Crippen MR) is 162 cm³/mol. The summed E-state index contributed by atoms with van der Waals surface area (Å²) in [7, 11) is 0. The van der Waals surface area contributed by atoms with Crippen LogP contribution >= 0.6 is 11.3 Å². The van der Waals surface area contributed by atoms with Crippen LogP contribution in [0.5, 0.6) is 0 Å². The zero-order chi connectivity index (χ0) is 27.4. The van der Waals surface area contributed by atoms with Crippen molar-refractivity contribution in [3.8, 4) is 21.7 Å². The molecule has 1 N–H and O–H groups in total. The van der Waals surface area contributed by atoms with Crippen LogP contribution in [0.25, 0.3) is 42.6 Å². The SMILES string of the molecule is CC(=O)/C=C(/C)O.CC(C)c1ccc2ccnc(-c3[c-]c4sc(-c5ccccc5)cc4c(C(C)C)c3)c2c1.[Ir]. The van der Waals surface area contributed by atoms with Crippen LogP contribution in [0.15, 0.2) is 84.8 Å². The molecule has 0 bridgehead atoms. The Bertz CT molecular complexity index is 1610. The van der Waals surface area contributed by atoms with Gasteiger partial charge in [-0.2, -0.15) is 11.3 Å². The molecule has 0 saturated carbocycles. The molecule has 3 nitrogen and oxygen atoms in total. The number of nitrogens with zero attached hydrogens (tertiary/aromatic N) is 1. The molecular weight excluding hydrogens is 679 g/mol. The third-order valence-corrected chi connectivity index (χ3v) is 7.50. The molecule has 3 aromatic carbocycles. The largest absolute Gasteiger partial charge is 0.512 e. The number of carbonyl (C=O) groups is 1. The summed E-state index contributed by atoms with van der Waals surface area (Å²) in [4.78, 5) is 16.1. The average molecular weight is 713 g/mol. The van der Waals surface area contributed by atoms with E-state index < -0.39 is 0 Å². The van der Waals surface area contributed by atoms with E-state index in [-0.39, 0.29) is 31.6 Å². The summed E-state index contributed by atoms with van der Waals surface area (Å²) in [5.74, 6) is 0.851. The van der Waals surface area contributed by atoms with Gasteiger partial charge in [-0.3, -0.25) is 4.79 Å². The molecular formula is C34H34IrNO2S-. The van der Waals surface area contributed by atoms with Gasteiger partial charge in [0.1, 0.15) is 0 Å². The minimum absolute atomic E-state index is 0. The number of aliphatic hydroxyl groups excluding tert-OH is 1. The van der Waals surface area contributed by atoms with Crippen LogP contribution in [0.3, 0.4) is 0 Å². The van der Waals surface area contributed by atoms with Crippen LogP contribution in [0.1, 0.15) is 64.5 Å². The molecule has 0 aliphatic rings. The van der Waals surface area contributed by atoms with Crippen LogP contribution < -0.4 is 0 Å². The zero-order valence-electron chi connectivity index (χ0n) is 23.2. The monoisotopic (exact) mass is 713 g/mol. The Morgan fingerprint density at radius 3 is 2.23 bits per heavy atom. The van der Waals surface area contributed by atoms with Crippen LogP contribution in [0, 0.1) is 6.07 Å². The Labute approximate surface area is 249 Å². The quantitative estimate of drug-likeness (QED) is 0.112. The first-order chi connectivity index (χ1) is 18.1. The van der Waals surface area contributed by atoms with E-state index in [2.05, 4.69) is 100 Å². The second-order valence-electron chi connectivity index (χ2n) is 10.2. The van der Waals surface area contributed by atoms with Gasteiger partial charge in [-0.25, -0.2) is 0 Å². The maximum atomic E-state index is 10.0. The van der Waals surface area contributed by atoms with Gasteiger partial charge in [-0.1, -0.05) is 87.7 Å². The molecule has 2 heterocycles. The van der Waals surface area contributed by atoms with E-state index in [1.807, 2.05) is 17.5 Å². The second kappa shape index (κ2) is 13.3. The maximum absolute atomic E-state index is 10.0. The molecule has 0 amide bonds. The fraction of sp³-hybridized carbons (Fsp3) is 0.235. The Balaban J connectivity index is 0.000000468. The van der Waals surface area contributed by atoms with Crippen molar-refractivity contribution in [2.24, 2.45) is 0 Å². The van der Waals surface area contributed by atoms with Crippen LogP contribution in [-0.4, -0.2) is 15.9 Å². The summed E-state index contributed by atoms with van der Waals surface area (Å²) in [6.45, 7) is 11.9. The summed E-state index contributed by atoms with van der Waals surface area (Å²) < 4.78 is 1.21. The van der Waals surface area contributed by atoms with Crippen molar-refractivity contribution >= 4 is 38.0 Å². The molecule has 5 rings (SSSR count). The molecule has 0 aliphatic heterocycles. The molecule has 203 valence electrons. The number of fused-ring (bicyclic) bond motifs is 2. The van der Waals surface area contributed by atoms with Gasteiger partial charge in [0.2, 0.25) is 0 Å². The van der Waals surface area contributed by atoms with E-state index in [1.54, 1.807) is 0 Å². The van der Waals surface area contributed by atoms with E-state index in [0.29, 0.717) is 11.8 Å². The van der Waals surface area contributed by atoms with Crippen molar-refractivity contribution < 1.29 is 30.0 Å². The minimum Gasteiger partial charge on any atom is -0.512 e. The Morgan fingerprint density at radius 1 is 0.923 bits per heavy atom. The maximum Gasteiger partial charge on any atom is 0.155 e. The molecule has 0 unspecified atom stereocenters. The van der Waals surface area contributed by atoms with Gasteiger partial charge in [0.05, 0.1) is 5.76 Å². The Hall–Kier alpha value is -3.11. The normalized spacial score (nSPS) is 11.4. The van der Waals surface area contributed by atoms with Gasteiger partial charge in [0.25, 0.3) is 0 Å². The van der Waals surface area contributed by atoms with Gasteiger partial charge in [0.15, 0.2) is 5.78 Å². The van der Waals surface area contributed by atoms with Gasteiger partial charge < -0.3 is 10.1 Å². The minimum atomic E-state index is -0.125. The van der Waals surface area contributed by atoms with Crippen molar-refractivity contribution in [2.45, 2.75) is 53.4 Å². The number of hydrogen-bond acceptors (Lipinski definition) is 4. The van der Waals surface area contributed by atoms with Gasteiger partial charge in [-0.05, 0) is 64.0 Å². The average Bonchev–Trinajstić information content (AvgIpc) is 3.31. The third-order valence-electron chi connectivity index (χ3n) is 6.40. The number of aromatic nitrogens is 1. The van der Waals surface area contributed by atoms with Crippen molar-refractivity contribution in [1.29, 1.82) is 0 Å². The smallest absolute Gasteiger partial charge is 0.155 e. The van der Waals surface area contributed by atoms with Gasteiger partial charge in [0, 0.05) is 37.3 Å². The molecule has 39 heavy (non-hydrogen) atoms. The zero-order valence-corrected chi connectivity index (χ0v) is 26.4. The molecule has 0 aliphatic carbocycles. The van der Waals surface area contributed by atoms with Crippen molar-refractivity contribution in [1.82, 2.24) is 4.98 Å². The van der Waals surface area contributed by atoms with Crippen molar-refractivity contribution in [2.75, 3.05) is 0 Å². The van der Waals surface area contributed by atoms with Crippen LogP contribution in [0.4, 0.5) is 0 Å². The fourth-order valence-corrected chi connectivity index (χ4v) is 5.59. The van der Waals surface area contributed by atoms with E-state index in [9.17, 15) is 4.79 Å². The number of benzene rings is 3. The number of ketones is 1. The number of rotatable bonds is 5. The van der Waals surface area contributed by atoms with E-state index in [0.717, 1.165) is 11.3 Å². The van der Waals surface area contributed by atoms with Crippen molar-refractivity contribution in [3.05, 3.63) is 102 Å². The summed E-state index contributed by atoms with van der Waals surface area (Å²) in [6, 6.07) is 27.8. The number of pyridine rings is 1. The topological polar surface area (TPSA) is 50.2 Å². The first kappa shape index (κ1) is 30.4. The summed E-state index contributed by atoms with van der Waals surface area (Å²) in [5.41, 5.74) is 6.08. The summed E-state index contributed by atoms with van der Waals surface area (Å²) >= 11 is 1.82. The summed E-state index contributed by atoms with van der Waals surface area (Å²) in [5, 5.41) is 12.1. The Morgan fingerprint density at radius 2 is 1.64 bits per heavy atom. The molecule has 0 fully saturated rings. The van der Waals surface area contributed by atoms with E-state index >= 15 is 0 Å². The number of aliphatic hydroxyl groups is 1. The molecule has 5 aromatic rings. The van der Waals surface area contributed by atoms with Gasteiger partial charge in [-0.15, -0.1) is 23.3 Å². The number of hydrogen-bond donors (Lipinski definition) is 1. The fourth-order valence-electron chi connectivity index (χ4n) is 4.49. The predicted octanol–water partition coefficient (Wildman–Crippen LogP) is 9.87. The molecule has 5 heteroatoms. The molecule has 0 saturated heterocycles. The van der Waals surface area contributed by atoms with Crippen molar-refractivity contribution in [3.63, 3.8) is 0 Å². The molecule has 0 atom stereocenters. The Kier molecular flexibility index (Phi) is 10.4. The van der Waals surface area contributed by atoms with E-state index in [1.165, 1.54) is 62.3 Å².